The van der Waals surface area contributed by atoms with E-state index in [1.54, 1.807) is 30.3 Å². The summed E-state index contributed by atoms with van der Waals surface area (Å²) >= 11 is 3.28. The number of hydrogen-bond donors (Lipinski definition) is 0. The van der Waals surface area contributed by atoms with E-state index in [1.165, 1.54) is 19.2 Å². The van der Waals surface area contributed by atoms with Crippen molar-refractivity contribution in [1.29, 1.82) is 5.26 Å². The van der Waals surface area contributed by atoms with Crippen molar-refractivity contribution in [3.8, 4) is 17.6 Å². The number of nitriles is 1. The molecule has 29 heavy (non-hydrogen) atoms. The number of unbranched alkanes of at least 4 members (excludes halogenated alkanes) is 1. The van der Waals surface area contributed by atoms with E-state index in [2.05, 4.69) is 22.9 Å². The van der Waals surface area contributed by atoms with Crippen LogP contribution in [0, 0.1) is 11.3 Å². The summed E-state index contributed by atoms with van der Waals surface area (Å²) in [5.74, 6) is 1.07. The SMILES string of the molecule is CCCCOc1ccc([C@H](CCC#N)OS(=O)(=O)c2ccc(Br)cc2)cc1OC. The van der Waals surface area contributed by atoms with Crippen molar-refractivity contribution >= 4 is 26.0 Å². The molecule has 2 aromatic rings. The molecule has 8 heteroatoms. The molecule has 0 aliphatic rings. The second-order valence-electron chi connectivity index (χ2n) is 6.30. The zero-order valence-corrected chi connectivity index (χ0v) is 18.8. The monoisotopic (exact) mass is 481 g/mol. The lowest BCUT2D eigenvalue weighted by molar-refractivity contribution is 0.203. The molecule has 0 unspecified atom stereocenters. The number of benzene rings is 2. The van der Waals surface area contributed by atoms with Gasteiger partial charge in [0, 0.05) is 10.9 Å². The van der Waals surface area contributed by atoms with Gasteiger partial charge in [-0.3, -0.25) is 4.18 Å². The Hall–Kier alpha value is -2.08. The lowest BCUT2D eigenvalue weighted by Crippen LogP contribution is -2.13. The molecule has 0 aliphatic carbocycles. The normalized spacial score (nSPS) is 12.2. The maximum Gasteiger partial charge on any atom is 0.297 e. The number of hydrogen-bond acceptors (Lipinski definition) is 6. The van der Waals surface area contributed by atoms with E-state index in [9.17, 15) is 8.42 Å². The van der Waals surface area contributed by atoms with E-state index in [-0.39, 0.29) is 17.7 Å². The average molecular weight is 482 g/mol. The van der Waals surface area contributed by atoms with E-state index >= 15 is 0 Å². The number of halogens is 1. The Bertz CT molecular complexity index is 939. The Morgan fingerprint density at radius 3 is 2.48 bits per heavy atom. The van der Waals surface area contributed by atoms with Crippen LogP contribution in [0.3, 0.4) is 0 Å². The molecule has 1 atom stereocenters. The maximum absolute atomic E-state index is 12.7. The minimum Gasteiger partial charge on any atom is -0.493 e. The standard InChI is InChI=1S/C21H24BrNO5S/c1-3-4-14-27-20-12-7-16(15-21(20)26-2)19(6-5-13-23)28-29(24,25)18-10-8-17(22)9-11-18/h7-12,15,19H,3-6,14H2,1-2H3/t19-/m0/s1. The van der Waals surface area contributed by atoms with Gasteiger partial charge in [0.05, 0.1) is 24.7 Å². The first-order chi connectivity index (χ1) is 13.9. The van der Waals surface area contributed by atoms with Crippen LogP contribution in [0.25, 0.3) is 0 Å². The lowest BCUT2D eigenvalue weighted by Gasteiger charge is -2.19. The van der Waals surface area contributed by atoms with Gasteiger partial charge in [-0.15, -0.1) is 0 Å². The fourth-order valence-corrected chi connectivity index (χ4v) is 3.96. The van der Waals surface area contributed by atoms with E-state index in [4.69, 9.17) is 18.9 Å². The van der Waals surface area contributed by atoms with Crippen molar-refractivity contribution in [2.75, 3.05) is 13.7 Å². The summed E-state index contributed by atoms with van der Waals surface area (Å²) in [6.07, 6.45) is 1.49. The first-order valence-electron chi connectivity index (χ1n) is 9.27. The molecule has 156 valence electrons. The minimum atomic E-state index is -4.00. The quantitative estimate of drug-likeness (QED) is 0.316. The summed E-state index contributed by atoms with van der Waals surface area (Å²) in [6, 6.07) is 13.4. The van der Waals surface area contributed by atoms with Gasteiger partial charge in [0.25, 0.3) is 10.1 Å². The molecule has 0 aromatic heterocycles. The van der Waals surface area contributed by atoms with Crippen LogP contribution in [0.1, 0.15) is 44.3 Å². The molecule has 0 N–H and O–H groups in total. The van der Waals surface area contributed by atoms with E-state index in [0.29, 0.717) is 23.7 Å². The molecular formula is C21H24BrNO5S. The van der Waals surface area contributed by atoms with Crippen molar-refractivity contribution in [3.63, 3.8) is 0 Å². The van der Waals surface area contributed by atoms with Crippen LogP contribution in [0.2, 0.25) is 0 Å². The fraction of sp³-hybridized carbons (Fsp3) is 0.381. The Morgan fingerprint density at radius 2 is 1.86 bits per heavy atom. The molecule has 0 heterocycles. The van der Waals surface area contributed by atoms with Crippen molar-refractivity contribution in [3.05, 3.63) is 52.5 Å². The molecule has 0 saturated carbocycles. The van der Waals surface area contributed by atoms with Gasteiger partial charge in [0.15, 0.2) is 11.5 Å². The van der Waals surface area contributed by atoms with Gasteiger partial charge in [0.1, 0.15) is 6.10 Å². The van der Waals surface area contributed by atoms with Crippen LogP contribution in [-0.4, -0.2) is 22.1 Å². The van der Waals surface area contributed by atoms with Crippen LogP contribution in [0.5, 0.6) is 11.5 Å². The second kappa shape index (κ2) is 11.2. The highest BCUT2D eigenvalue weighted by Gasteiger charge is 2.24. The molecule has 2 aromatic carbocycles. The zero-order valence-electron chi connectivity index (χ0n) is 16.4. The summed E-state index contributed by atoms with van der Waals surface area (Å²) in [5, 5.41) is 8.97. The Labute approximate surface area is 180 Å². The Morgan fingerprint density at radius 1 is 1.14 bits per heavy atom. The molecule has 0 bridgehead atoms. The fourth-order valence-electron chi connectivity index (χ4n) is 2.61. The molecule has 0 radical (unpaired) electrons. The third-order valence-electron chi connectivity index (χ3n) is 4.18. The lowest BCUT2D eigenvalue weighted by atomic mass is 10.0. The highest BCUT2D eigenvalue weighted by atomic mass is 79.9. The summed E-state index contributed by atoms with van der Waals surface area (Å²) in [6.45, 7) is 2.64. The van der Waals surface area contributed by atoms with Crippen molar-refractivity contribution in [2.24, 2.45) is 0 Å². The first kappa shape index (κ1) is 23.2. The molecule has 0 fully saturated rings. The highest BCUT2D eigenvalue weighted by Crippen LogP contribution is 2.35. The van der Waals surface area contributed by atoms with E-state index < -0.39 is 16.2 Å². The Balaban J connectivity index is 2.29. The van der Waals surface area contributed by atoms with E-state index in [1.807, 2.05) is 6.07 Å². The average Bonchev–Trinajstić information content (AvgIpc) is 2.71. The number of rotatable bonds is 11. The van der Waals surface area contributed by atoms with Crippen molar-refractivity contribution in [1.82, 2.24) is 0 Å². The van der Waals surface area contributed by atoms with Gasteiger partial charge in [-0.2, -0.15) is 13.7 Å². The van der Waals surface area contributed by atoms with Gasteiger partial charge < -0.3 is 9.47 Å². The van der Waals surface area contributed by atoms with Gasteiger partial charge in [-0.25, -0.2) is 0 Å². The molecule has 2 rings (SSSR count). The molecule has 0 saturated heterocycles. The largest absolute Gasteiger partial charge is 0.493 e. The summed E-state index contributed by atoms with van der Waals surface area (Å²) < 4.78 is 42.8. The topological polar surface area (TPSA) is 85.6 Å². The molecule has 0 aliphatic heterocycles. The van der Waals surface area contributed by atoms with Crippen LogP contribution in [0.4, 0.5) is 0 Å². The number of nitrogens with zero attached hydrogens (tertiary/aromatic N) is 1. The number of methoxy groups -OCH3 is 1. The van der Waals surface area contributed by atoms with Crippen molar-refractivity contribution in [2.45, 2.75) is 43.6 Å². The minimum absolute atomic E-state index is 0.0501. The predicted molar refractivity (Wildman–Crippen MR) is 113 cm³/mol. The van der Waals surface area contributed by atoms with Gasteiger partial charge in [0.2, 0.25) is 0 Å². The van der Waals surface area contributed by atoms with Crippen LogP contribution >= 0.6 is 15.9 Å². The molecule has 0 spiro atoms. The second-order valence-corrected chi connectivity index (χ2v) is 8.79. The maximum atomic E-state index is 12.7. The summed E-state index contributed by atoms with van der Waals surface area (Å²) in [7, 11) is -2.48. The smallest absolute Gasteiger partial charge is 0.297 e. The zero-order chi connectivity index (χ0) is 21.3. The van der Waals surface area contributed by atoms with Crippen LogP contribution in [-0.2, 0) is 14.3 Å². The first-order valence-corrected chi connectivity index (χ1v) is 11.5. The summed E-state index contributed by atoms with van der Waals surface area (Å²) in [4.78, 5) is 0.0501. The molecule has 0 amide bonds. The van der Waals surface area contributed by atoms with Crippen LogP contribution < -0.4 is 9.47 Å². The summed E-state index contributed by atoms with van der Waals surface area (Å²) in [5.41, 5.74) is 0.598. The van der Waals surface area contributed by atoms with Gasteiger partial charge >= 0.3 is 0 Å². The van der Waals surface area contributed by atoms with Gasteiger partial charge in [-0.05, 0) is 54.8 Å². The number of ether oxygens (including phenoxy) is 2. The van der Waals surface area contributed by atoms with Crippen molar-refractivity contribution < 1.29 is 22.1 Å². The third-order valence-corrected chi connectivity index (χ3v) is 6.04. The van der Waals surface area contributed by atoms with Crippen LogP contribution in [0.15, 0.2) is 51.8 Å². The van der Waals surface area contributed by atoms with E-state index in [0.717, 1.165) is 17.3 Å². The molecule has 6 nitrogen and oxygen atoms in total. The highest BCUT2D eigenvalue weighted by molar-refractivity contribution is 9.10. The predicted octanol–water partition coefficient (Wildman–Crippen LogP) is 5.39. The van der Waals surface area contributed by atoms with Gasteiger partial charge in [-0.1, -0.05) is 35.3 Å². The third kappa shape index (κ3) is 6.74. The molecular weight excluding hydrogens is 458 g/mol. The Kier molecular flexibility index (Phi) is 8.96.